The molecule has 0 aliphatic rings. The lowest BCUT2D eigenvalue weighted by Crippen LogP contribution is -2.31. The summed E-state index contributed by atoms with van der Waals surface area (Å²) in [6.45, 7) is 3.57. The van der Waals surface area contributed by atoms with Crippen molar-refractivity contribution >= 4 is 0 Å². The molecule has 1 atom stereocenters. The van der Waals surface area contributed by atoms with Crippen LogP contribution in [0.15, 0.2) is 0 Å². The number of alkyl halides is 3. The highest BCUT2D eigenvalue weighted by atomic mass is 19.4. The van der Waals surface area contributed by atoms with Crippen molar-refractivity contribution in [3.63, 3.8) is 0 Å². The first kappa shape index (κ1) is 13.0. The average molecular weight is 236 g/mol. The summed E-state index contributed by atoms with van der Waals surface area (Å²) in [6.07, 6.45) is -4.98. The third kappa shape index (κ3) is 3.80. The Morgan fingerprint density at radius 2 is 2.00 bits per heavy atom. The molecule has 92 valence electrons. The van der Waals surface area contributed by atoms with Gasteiger partial charge in [0.2, 0.25) is 0 Å². The zero-order valence-electron chi connectivity index (χ0n) is 9.47. The summed E-state index contributed by atoms with van der Waals surface area (Å²) in [5, 5.41) is 10.4. The Labute approximate surface area is 91.9 Å². The van der Waals surface area contributed by atoms with Crippen LogP contribution in [-0.2, 0) is 13.6 Å². The molecule has 0 bridgehead atoms. The van der Waals surface area contributed by atoms with Crippen LogP contribution in [-0.4, -0.2) is 27.0 Å². The van der Waals surface area contributed by atoms with Crippen LogP contribution in [0, 0.1) is 6.92 Å². The Balaban J connectivity index is 2.43. The first-order chi connectivity index (χ1) is 7.29. The van der Waals surface area contributed by atoms with E-state index in [1.165, 1.54) is 6.92 Å². The van der Waals surface area contributed by atoms with Crippen molar-refractivity contribution in [3.05, 3.63) is 11.6 Å². The molecule has 0 fully saturated rings. The van der Waals surface area contributed by atoms with Crippen LogP contribution in [0.5, 0.6) is 0 Å². The van der Waals surface area contributed by atoms with Gasteiger partial charge in [0.15, 0.2) is 0 Å². The number of aromatic nitrogens is 3. The van der Waals surface area contributed by atoms with Crippen LogP contribution in [0.3, 0.4) is 0 Å². The molecule has 1 N–H and O–H groups in total. The number of rotatable bonds is 4. The Kier molecular flexibility index (Phi) is 3.90. The standard InChI is InChI=1S/C9H15F3N4/c1-6(4-9(10,11)12)13-5-8-15-14-7(2)16(8)3/h6,13H,4-5H2,1-3H3. The maximum Gasteiger partial charge on any atom is 0.390 e. The summed E-state index contributed by atoms with van der Waals surface area (Å²) in [7, 11) is 1.78. The third-order valence-electron chi connectivity index (χ3n) is 2.33. The van der Waals surface area contributed by atoms with E-state index in [9.17, 15) is 13.2 Å². The lowest BCUT2D eigenvalue weighted by molar-refractivity contribution is -0.139. The number of nitrogens with zero attached hydrogens (tertiary/aromatic N) is 3. The highest BCUT2D eigenvalue weighted by molar-refractivity contribution is 4.92. The zero-order valence-corrected chi connectivity index (χ0v) is 9.47. The minimum Gasteiger partial charge on any atom is -0.317 e. The largest absolute Gasteiger partial charge is 0.390 e. The number of halogens is 3. The van der Waals surface area contributed by atoms with Gasteiger partial charge in [-0.3, -0.25) is 0 Å². The van der Waals surface area contributed by atoms with Gasteiger partial charge in [0.25, 0.3) is 0 Å². The summed E-state index contributed by atoms with van der Waals surface area (Å²) in [6, 6.07) is -0.628. The fraction of sp³-hybridized carbons (Fsp3) is 0.778. The highest BCUT2D eigenvalue weighted by Crippen LogP contribution is 2.21. The normalized spacial score (nSPS) is 14.1. The van der Waals surface area contributed by atoms with Gasteiger partial charge in [0.1, 0.15) is 11.6 Å². The maximum atomic E-state index is 12.0. The van der Waals surface area contributed by atoms with E-state index in [2.05, 4.69) is 15.5 Å². The van der Waals surface area contributed by atoms with Crippen molar-refractivity contribution in [2.45, 2.75) is 39.0 Å². The molecule has 7 heteroatoms. The average Bonchev–Trinajstić information content (AvgIpc) is 2.42. The fourth-order valence-electron chi connectivity index (χ4n) is 1.29. The molecule has 1 rings (SSSR count). The second kappa shape index (κ2) is 4.82. The molecule has 16 heavy (non-hydrogen) atoms. The van der Waals surface area contributed by atoms with Crippen LogP contribution in [0.2, 0.25) is 0 Å². The first-order valence-corrected chi connectivity index (χ1v) is 4.94. The summed E-state index contributed by atoms with van der Waals surface area (Å²) in [4.78, 5) is 0. The molecule has 0 saturated carbocycles. The molecule has 1 unspecified atom stereocenters. The Morgan fingerprint density at radius 3 is 2.44 bits per heavy atom. The molecule has 0 spiro atoms. The molecular weight excluding hydrogens is 221 g/mol. The van der Waals surface area contributed by atoms with Crippen LogP contribution in [0.4, 0.5) is 13.2 Å². The molecule has 0 amide bonds. The number of nitrogens with one attached hydrogen (secondary N) is 1. The summed E-state index contributed by atoms with van der Waals surface area (Å²) in [5.74, 6) is 1.37. The first-order valence-electron chi connectivity index (χ1n) is 4.94. The second-order valence-electron chi connectivity index (χ2n) is 3.82. The molecule has 1 heterocycles. The van der Waals surface area contributed by atoms with Gasteiger partial charge in [-0.2, -0.15) is 13.2 Å². The van der Waals surface area contributed by atoms with E-state index in [0.29, 0.717) is 5.82 Å². The maximum absolute atomic E-state index is 12.0. The van der Waals surface area contributed by atoms with Gasteiger partial charge < -0.3 is 9.88 Å². The predicted molar refractivity (Wildman–Crippen MR) is 52.7 cm³/mol. The van der Waals surface area contributed by atoms with Gasteiger partial charge in [-0.15, -0.1) is 10.2 Å². The van der Waals surface area contributed by atoms with Crippen molar-refractivity contribution in [1.29, 1.82) is 0 Å². The zero-order chi connectivity index (χ0) is 12.3. The van der Waals surface area contributed by atoms with E-state index in [1.807, 2.05) is 0 Å². The molecule has 1 aromatic heterocycles. The highest BCUT2D eigenvalue weighted by Gasteiger charge is 2.29. The van der Waals surface area contributed by atoms with Crippen molar-refractivity contribution in [2.24, 2.45) is 7.05 Å². The monoisotopic (exact) mass is 236 g/mol. The van der Waals surface area contributed by atoms with Gasteiger partial charge in [0, 0.05) is 13.1 Å². The topological polar surface area (TPSA) is 42.7 Å². The number of hydrogen-bond acceptors (Lipinski definition) is 3. The van der Waals surface area contributed by atoms with Crippen molar-refractivity contribution < 1.29 is 13.2 Å². The van der Waals surface area contributed by atoms with E-state index in [-0.39, 0.29) is 6.54 Å². The molecule has 0 saturated heterocycles. The molecule has 4 nitrogen and oxygen atoms in total. The van der Waals surface area contributed by atoms with Crippen molar-refractivity contribution in [3.8, 4) is 0 Å². The third-order valence-corrected chi connectivity index (χ3v) is 2.33. The van der Waals surface area contributed by atoms with E-state index in [4.69, 9.17) is 0 Å². The Morgan fingerprint density at radius 1 is 1.38 bits per heavy atom. The lowest BCUT2D eigenvalue weighted by atomic mass is 10.2. The fourth-order valence-corrected chi connectivity index (χ4v) is 1.29. The van der Waals surface area contributed by atoms with Crippen LogP contribution >= 0.6 is 0 Å². The van der Waals surface area contributed by atoms with E-state index < -0.39 is 18.6 Å². The summed E-state index contributed by atoms with van der Waals surface area (Å²) >= 11 is 0. The predicted octanol–water partition coefficient (Wildman–Crippen LogP) is 1.55. The number of aryl methyl sites for hydroxylation is 1. The van der Waals surface area contributed by atoms with Crippen molar-refractivity contribution in [2.75, 3.05) is 0 Å². The molecule has 0 radical (unpaired) electrons. The van der Waals surface area contributed by atoms with E-state index >= 15 is 0 Å². The smallest absolute Gasteiger partial charge is 0.317 e. The molecule has 1 aromatic rings. The Hall–Kier alpha value is -1.11. The van der Waals surface area contributed by atoms with E-state index in [0.717, 1.165) is 5.82 Å². The van der Waals surface area contributed by atoms with Crippen LogP contribution < -0.4 is 5.32 Å². The summed E-state index contributed by atoms with van der Waals surface area (Å²) < 4.78 is 37.9. The quantitative estimate of drug-likeness (QED) is 0.862. The summed E-state index contributed by atoms with van der Waals surface area (Å²) in [5.41, 5.74) is 0. The number of hydrogen-bond donors (Lipinski definition) is 1. The second-order valence-corrected chi connectivity index (χ2v) is 3.82. The minimum atomic E-state index is -4.14. The van der Waals surface area contributed by atoms with E-state index in [1.54, 1.807) is 18.5 Å². The van der Waals surface area contributed by atoms with Gasteiger partial charge in [-0.05, 0) is 13.8 Å². The molecular formula is C9H15F3N4. The SMILES string of the molecule is Cc1nnc(CNC(C)CC(F)(F)F)n1C. The van der Waals surface area contributed by atoms with Gasteiger partial charge in [-0.1, -0.05) is 0 Å². The Bertz CT molecular complexity index is 345. The molecule has 0 aliphatic heterocycles. The minimum absolute atomic E-state index is 0.286. The van der Waals surface area contributed by atoms with Crippen molar-refractivity contribution in [1.82, 2.24) is 20.1 Å². The molecule has 0 aliphatic carbocycles. The lowest BCUT2D eigenvalue weighted by Gasteiger charge is -2.15. The van der Waals surface area contributed by atoms with Crippen LogP contribution in [0.25, 0.3) is 0 Å². The van der Waals surface area contributed by atoms with Gasteiger partial charge >= 0.3 is 6.18 Å². The van der Waals surface area contributed by atoms with Gasteiger partial charge in [0.05, 0.1) is 13.0 Å². The van der Waals surface area contributed by atoms with Gasteiger partial charge in [-0.25, -0.2) is 0 Å². The van der Waals surface area contributed by atoms with Crippen LogP contribution in [0.1, 0.15) is 25.0 Å². The molecule has 0 aromatic carbocycles.